The third kappa shape index (κ3) is 1.08. The average Bonchev–Trinajstić information content (AvgIpc) is 2.92. The Labute approximate surface area is 105 Å². The second kappa shape index (κ2) is 3.17. The van der Waals surface area contributed by atoms with Gasteiger partial charge >= 0.3 is 0 Å². The molecule has 0 bridgehead atoms. The summed E-state index contributed by atoms with van der Waals surface area (Å²) in [4.78, 5) is 17.7. The monoisotopic (exact) mass is 256 g/mol. The molecule has 4 rings (SSSR count). The van der Waals surface area contributed by atoms with Crippen LogP contribution in [-0.2, 0) is 7.05 Å². The molecular weight excluding hydrogens is 248 g/mol. The van der Waals surface area contributed by atoms with Gasteiger partial charge < -0.3 is 0 Å². The van der Waals surface area contributed by atoms with E-state index < -0.39 is 0 Å². The van der Waals surface area contributed by atoms with Gasteiger partial charge in [0.25, 0.3) is 5.56 Å². The van der Waals surface area contributed by atoms with Crippen molar-refractivity contribution in [1.29, 1.82) is 0 Å². The third-order valence-electron chi connectivity index (χ3n) is 3.04. The molecule has 0 amide bonds. The Morgan fingerprint density at radius 2 is 2.11 bits per heavy atom. The molecule has 18 heavy (non-hydrogen) atoms. The van der Waals surface area contributed by atoms with Crippen LogP contribution in [0.2, 0.25) is 0 Å². The lowest BCUT2D eigenvalue weighted by molar-refractivity contribution is 0.787. The van der Waals surface area contributed by atoms with E-state index in [0.717, 1.165) is 10.2 Å². The Morgan fingerprint density at radius 3 is 3.00 bits per heavy atom. The molecule has 0 spiro atoms. The average molecular weight is 256 g/mol. The standard InChI is InChI=1S/C12H8N4OS/c1-15-10-7(6-13-15)11(17)16-8-4-2-3-5-9(8)18-12(16)14-10/h2-6H,1H3. The summed E-state index contributed by atoms with van der Waals surface area (Å²) in [5, 5.41) is 4.64. The van der Waals surface area contributed by atoms with E-state index in [4.69, 9.17) is 0 Å². The smallest absolute Gasteiger partial charge is 0.268 e. The second-order valence-corrected chi connectivity index (χ2v) is 5.12. The maximum Gasteiger partial charge on any atom is 0.270 e. The van der Waals surface area contributed by atoms with Crippen molar-refractivity contribution in [3.8, 4) is 0 Å². The van der Waals surface area contributed by atoms with E-state index in [1.165, 1.54) is 11.3 Å². The van der Waals surface area contributed by atoms with E-state index in [1.807, 2.05) is 24.3 Å². The second-order valence-electron chi connectivity index (χ2n) is 4.11. The number of hydrogen-bond donors (Lipinski definition) is 0. The van der Waals surface area contributed by atoms with Crippen LogP contribution >= 0.6 is 11.3 Å². The lowest BCUT2D eigenvalue weighted by Crippen LogP contribution is -2.13. The highest BCUT2D eigenvalue weighted by Crippen LogP contribution is 2.24. The lowest BCUT2D eigenvalue weighted by atomic mass is 10.3. The number of rotatable bonds is 0. The van der Waals surface area contributed by atoms with Crippen molar-refractivity contribution in [2.45, 2.75) is 0 Å². The van der Waals surface area contributed by atoms with Crippen molar-refractivity contribution in [2.75, 3.05) is 0 Å². The van der Waals surface area contributed by atoms with Gasteiger partial charge in [0.2, 0.25) is 0 Å². The number of benzene rings is 1. The molecule has 0 atom stereocenters. The minimum absolute atomic E-state index is 0.0550. The fourth-order valence-corrected chi connectivity index (χ4v) is 3.18. The first kappa shape index (κ1) is 9.78. The number of nitrogens with zero attached hydrogens (tertiary/aromatic N) is 4. The van der Waals surface area contributed by atoms with E-state index in [9.17, 15) is 4.79 Å². The molecule has 3 aromatic heterocycles. The van der Waals surface area contributed by atoms with Crippen LogP contribution in [0.5, 0.6) is 0 Å². The molecule has 0 aliphatic rings. The molecule has 0 aliphatic carbocycles. The minimum atomic E-state index is -0.0550. The molecule has 1 aromatic carbocycles. The Kier molecular flexibility index (Phi) is 1.72. The van der Waals surface area contributed by atoms with Crippen LogP contribution in [0.4, 0.5) is 0 Å². The van der Waals surface area contributed by atoms with E-state index in [2.05, 4.69) is 10.1 Å². The molecule has 6 heteroatoms. The van der Waals surface area contributed by atoms with Gasteiger partial charge in [0.05, 0.1) is 16.4 Å². The highest BCUT2D eigenvalue weighted by molar-refractivity contribution is 7.23. The largest absolute Gasteiger partial charge is 0.270 e. The zero-order chi connectivity index (χ0) is 12.3. The first-order chi connectivity index (χ1) is 8.75. The summed E-state index contributed by atoms with van der Waals surface area (Å²) in [7, 11) is 1.79. The van der Waals surface area contributed by atoms with Crippen LogP contribution in [0, 0.1) is 0 Å². The van der Waals surface area contributed by atoms with Gasteiger partial charge in [-0.1, -0.05) is 23.5 Å². The summed E-state index contributed by atoms with van der Waals surface area (Å²) in [5.74, 6) is 0. The summed E-state index contributed by atoms with van der Waals surface area (Å²) in [6, 6.07) is 7.82. The highest BCUT2D eigenvalue weighted by atomic mass is 32.1. The van der Waals surface area contributed by atoms with E-state index >= 15 is 0 Å². The molecule has 0 saturated heterocycles. The summed E-state index contributed by atoms with van der Waals surface area (Å²) >= 11 is 1.51. The normalized spacial score (nSPS) is 11.8. The van der Waals surface area contributed by atoms with Crippen LogP contribution < -0.4 is 5.56 Å². The number of fused-ring (bicyclic) bond motifs is 4. The lowest BCUT2D eigenvalue weighted by Gasteiger charge is -1.96. The van der Waals surface area contributed by atoms with Gasteiger partial charge in [-0.15, -0.1) is 0 Å². The van der Waals surface area contributed by atoms with Gasteiger partial charge in [-0.25, -0.2) is 4.98 Å². The Hall–Kier alpha value is -2.21. The summed E-state index contributed by atoms with van der Waals surface area (Å²) in [6.07, 6.45) is 1.57. The van der Waals surface area contributed by atoms with E-state index in [-0.39, 0.29) is 5.56 Å². The number of thiazole rings is 1. The van der Waals surface area contributed by atoms with Crippen LogP contribution in [0.25, 0.3) is 26.2 Å². The molecule has 0 unspecified atom stereocenters. The molecule has 0 N–H and O–H groups in total. The number of para-hydroxylation sites is 1. The Morgan fingerprint density at radius 1 is 1.28 bits per heavy atom. The zero-order valence-corrected chi connectivity index (χ0v) is 10.3. The van der Waals surface area contributed by atoms with Gasteiger partial charge in [0.1, 0.15) is 5.39 Å². The molecular formula is C12H8N4OS. The van der Waals surface area contributed by atoms with E-state index in [0.29, 0.717) is 16.0 Å². The van der Waals surface area contributed by atoms with Gasteiger partial charge in [-0.3, -0.25) is 13.9 Å². The summed E-state index contributed by atoms with van der Waals surface area (Å²) in [6.45, 7) is 0. The molecule has 0 radical (unpaired) electrons. The van der Waals surface area contributed by atoms with Crippen LogP contribution in [-0.4, -0.2) is 19.2 Å². The summed E-state index contributed by atoms with van der Waals surface area (Å²) < 4.78 is 4.34. The topological polar surface area (TPSA) is 52.2 Å². The first-order valence-corrected chi connectivity index (χ1v) is 6.29. The first-order valence-electron chi connectivity index (χ1n) is 5.48. The fraction of sp³-hybridized carbons (Fsp3) is 0.0833. The number of hydrogen-bond acceptors (Lipinski definition) is 4. The predicted octanol–water partition coefficient (Wildman–Crippen LogP) is 1.80. The van der Waals surface area contributed by atoms with Crippen molar-refractivity contribution < 1.29 is 0 Å². The quantitative estimate of drug-likeness (QED) is 0.482. The molecule has 0 fully saturated rings. The zero-order valence-electron chi connectivity index (χ0n) is 9.49. The van der Waals surface area contributed by atoms with Crippen molar-refractivity contribution in [3.05, 3.63) is 40.8 Å². The molecule has 3 heterocycles. The maximum absolute atomic E-state index is 12.5. The highest BCUT2D eigenvalue weighted by Gasteiger charge is 2.13. The molecule has 88 valence electrons. The van der Waals surface area contributed by atoms with Crippen molar-refractivity contribution in [3.63, 3.8) is 0 Å². The van der Waals surface area contributed by atoms with Crippen molar-refractivity contribution in [1.82, 2.24) is 19.2 Å². The molecule has 0 saturated carbocycles. The van der Waals surface area contributed by atoms with Gasteiger partial charge in [-0.2, -0.15) is 5.10 Å². The van der Waals surface area contributed by atoms with Crippen molar-refractivity contribution in [2.24, 2.45) is 7.05 Å². The number of aryl methyl sites for hydroxylation is 1. The maximum atomic E-state index is 12.5. The third-order valence-corrected chi connectivity index (χ3v) is 4.06. The Bertz CT molecular complexity index is 963. The van der Waals surface area contributed by atoms with Crippen LogP contribution in [0.15, 0.2) is 35.3 Å². The SMILES string of the molecule is Cn1ncc2c(=O)n3c(nc21)sc1ccccc13. The van der Waals surface area contributed by atoms with Crippen LogP contribution in [0.1, 0.15) is 0 Å². The van der Waals surface area contributed by atoms with Gasteiger partial charge in [0.15, 0.2) is 10.6 Å². The van der Waals surface area contributed by atoms with Crippen molar-refractivity contribution >= 4 is 37.5 Å². The van der Waals surface area contributed by atoms with Gasteiger partial charge in [0, 0.05) is 7.05 Å². The predicted molar refractivity (Wildman–Crippen MR) is 71.1 cm³/mol. The van der Waals surface area contributed by atoms with Gasteiger partial charge in [-0.05, 0) is 12.1 Å². The fourth-order valence-electron chi connectivity index (χ4n) is 2.17. The number of aromatic nitrogens is 4. The van der Waals surface area contributed by atoms with Crippen LogP contribution in [0.3, 0.4) is 0 Å². The molecule has 5 nitrogen and oxygen atoms in total. The van der Waals surface area contributed by atoms with E-state index in [1.54, 1.807) is 22.3 Å². The summed E-state index contributed by atoms with van der Waals surface area (Å²) in [5.41, 5.74) is 1.48. The Balaban J connectivity index is 2.39. The minimum Gasteiger partial charge on any atom is -0.268 e. The molecule has 0 aliphatic heterocycles. The molecule has 4 aromatic rings.